The summed E-state index contributed by atoms with van der Waals surface area (Å²) in [6.45, 7) is 6.16. The molecule has 0 saturated carbocycles. The zero-order valence-electron chi connectivity index (χ0n) is 11.6. The molecule has 0 aliphatic carbocycles. The van der Waals surface area contributed by atoms with E-state index in [4.69, 9.17) is 4.74 Å². The molecule has 0 fully saturated rings. The van der Waals surface area contributed by atoms with Crippen molar-refractivity contribution in [3.63, 3.8) is 0 Å². The quantitative estimate of drug-likeness (QED) is 0.774. The van der Waals surface area contributed by atoms with Gasteiger partial charge in [-0.3, -0.25) is 4.79 Å². The van der Waals surface area contributed by atoms with Crippen LogP contribution in [0.3, 0.4) is 0 Å². The molecule has 2 aromatic carbocycles. The van der Waals surface area contributed by atoms with Crippen molar-refractivity contribution in [3.05, 3.63) is 64.7 Å². The van der Waals surface area contributed by atoms with E-state index in [1.54, 1.807) is 12.1 Å². The number of aryl methyl sites for hydroxylation is 2. The molecule has 0 aliphatic heterocycles. The SMILES string of the molecule is Cc1cc(C)c(C)c(OCC(=O)c2ccccc2)c1. The van der Waals surface area contributed by atoms with Crippen LogP contribution in [-0.4, -0.2) is 12.4 Å². The van der Waals surface area contributed by atoms with Crippen molar-refractivity contribution in [2.75, 3.05) is 6.61 Å². The summed E-state index contributed by atoms with van der Waals surface area (Å²) in [7, 11) is 0. The lowest BCUT2D eigenvalue weighted by Crippen LogP contribution is -2.12. The third-order valence-electron chi connectivity index (χ3n) is 3.22. The van der Waals surface area contributed by atoms with Gasteiger partial charge in [0.05, 0.1) is 0 Å². The van der Waals surface area contributed by atoms with Gasteiger partial charge in [-0.1, -0.05) is 36.4 Å². The van der Waals surface area contributed by atoms with Gasteiger partial charge in [0.2, 0.25) is 0 Å². The maximum absolute atomic E-state index is 12.0. The summed E-state index contributed by atoms with van der Waals surface area (Å²) in [6, 6.07) is 13.3. The van der Waals surface area contributed by atoms with E-state index in [9.17, 15) is 4.79 Å². The predicted molar refractivity (Wildman–Crippen MR) is 76.9 cm³/mol. The molecule has 0 N–H and O–H groups in total. The fourth-order valence-electron chi connectivity index (χ4n) is 2.00. The summed E-state index contributed by atoms with van der Waals surface area (Å²) < 4.78 is 5.67. The molecular weight excluding hydrogens is 236 g/mol. The van der Waals surface area contributed by atoms with Crippen molar-refractivity contribution >= 4 is 5.78 Å². The molecule has 2 nitrogen and oxygen atoms in total. The zero-order valence-corrected chi connectivity index (χ0v) is 11.6. The summed E-state index contributed by atoms with van der Waals surface area (Å²) in [5.41, 5.74) is 4.10. The minimum absolute atomic E-state index is 0.000779. The Morgan fingerprint density at radius 1 is 1.05 bits per heavy atom. The van der Waals surface area contributed by atoms with Gasteiger partial charge in [-0.2, -0.15) is 0 Å². The van der Waals surface area contributed by atoms with Crippen molar-refractivity contribution in [1.29, 1.82) is 0 Å². The van der Waals surface area contributed by atoms with Gasteiger partial charge in [0.1, 0.15) is 5.75 Å². The van der Waals surface area contributed by atoms with Crippen molar-refractivity contribution in [2.24, 2.45) is 0 Å². The van der Waals surface area contributed by atoms with Crippen molar-refractivity contribution in [2.45, 2.75) is 20.8 Å². The molecule has 0 saturated heterocycles. The Morgan fingerprint density at radius 3 is 2.42 bits per heavy atom. The number of Topliss-reactive ketones (excluding diaryl/α,β-unsaturated/α-hetero) is 1. The molecular formula is C17H18O2. The van der Waals surface area contributed by atoms with Crippen molar-refractivity contribution in [1.82, 2.24) is 0 Å². The molecule has 0 atom stereocenters. The van der Waals surface area contributed by atoms with Crippen LogP contribution >= 0.6 is 0 Å². The van der Waals surface area contributed by atoms with Gasteiger partial charge in [-0.15, -0.1) is 0 Å². The van der Waals surface area contributed by atoms with Crippen LogP contribution in [0.1, 0.15) is 27.0 Å². The van der Waals surface area contributed by atoms with E-state index in [0.717, 1.165) is 16.9 Å². The number of rotatable bonds is 4. The first-order valence-electron chi connectivity index (χ1n) is 6.37. The Labute approximate surface area is 114 Å². The van der Waals surface area contributed by atoms with E-state index in [0.29, 0.717) is 5.56 Å². The van der Waals surface area contributed by atoms with E-state index in [1.807, 2.05) is 45.0 Å². The lowest BCUT2D eigenvalue weighted by molar-refractivity contribution is 0.0921. The van der Waals surface area contributed by atoms with Gasteiger partial charge in [0, 0.05) is 5.56 Å². The van der Waals surface area contributed by atoms with Crippen LogP contribution < -0.4 is 4.74 Å². The Balaban J connectivity index is 2.09. The number of ketones is 1. The van der Waals surface area contributed by atoms with Gasteiger partial charge in [0.15, 0.2) is 12.4 Å². The molecule has 0 radical (unpaired) electrons. The second kappa shape index (κ2) is 5.70. The van der Waals surface area contributed by atoms with Crippen LogP contribution in [0.2, 0.25) is 0 Å². The topological polar surface area (TPSA) is 26.3 Å². The smallest absolute Gasteiger partial charge is 0.200 e. The first-order valence-corrected chi connectivity index (χ1v) is 6.37. The number of hydrogen-bond acceptors (Lipinski definition) is 2. The Kier molecular flexibility index (Phi) is 4.00. The lowest BCUT2D eigenvalue weighted by atomic mass is 10.1. The number of ether oxygens (including phenoxy) is 1. The fraction of sp³-hybridized carbons (Fsp3) is 0.235. The number of carbonyl (C=O) groups is 1. The summed E-state index contributed by atoms with van der Waals surface area (Å²) in [5, 5.41) is 0. The Morgan fingerprint density at radius 2 is 1.74 bits per heavy atom. The first kappa shape index (κ1) is 13.3. The summed E-state index contributed by atoms with van der Waals surface area (Å²) >= 11 is 0. The van der Waals surface area contributed by atoms with Crippen LogP contribution in [0.5, 0.6) is 5.75 Å². The van der Waals surface area contributed by atoms with E-state index in [1.165, 1.54) is 5.56 Å². The number of hydrogen-bond donors (Lipinski definition) is 0. The van der Waals surface area contributed by atoms with Crippen LogP contribution in [0, 0.1) is 20.8 Å². The molecule has 0 aliphatic rings. The maximum Gasteiger partial charge on any atom is 0.200 e. The van der Waals surface area contributed by atoms with E-state index in [-0.39, 0.29) is 12.4 Å². The van der Waals surface area contributed by atoms with Gasteiger partial charge in [-0.05, 0) is 43.5 Å². The highest BCUT2D eigenvalue weighted by Crippen LogP contribution is 2.23. The van der Waals surface area contributed by atoms with Gasteiger partial charge >= 0.3 is 0 Å². The van der Waals surface area contributed by atoms with Crippen LogP contribution in [0.25, 0.3) is 0 Å². The van der Waals surface area contributed by atoms with Crippen LogP contribution in [0.15, 0.2) is 42.5 Å². The zero-order chi connectivity index (χ0) is 13.8. The standard InChI is InChI=1S/C17H18O2/c1-12-9-13(2)14(3)17(10-12)19-11-16(18)15-7-5-4-6-8-15/h4-10H,11H2,1-3H3. The highest BCUT2D eigenvalue weighted by Gasteiger charge is 2.08. The van der Waals surface area contributed by atoms with E-state index < -0.39 is 0 Å². The third kappa shape index (κ3) is 3.22. The van der Waals surface area contributed by atoms with Crippen LogP contribution in [0.4, 0.5) is 0 Å². The number of benzene rings is 2. The molecule has 0 amide bonds. The van der Waals surface area contributed by atoms with Gasteiger partial charge < -0.3 is 4.74 Å². The van der Waals surface area contributed by atoms with E-state index >= 15 is 0 Å². The summed E-state index contributed by atoms with van der Waals surface area (Å²) in [5.74, 6) is 0.793. The minimum Gasteiger partial charge on any atom is -0.485 e. The minimum atomic E-state index is -0.000779. The second-order valence-electron chi connectivity index (χ2n) is 4.78. The molecule has 2 rings (SSSR count). The Hall–Kier alpha value is -2.09. The first-order chi connectivity index (χ1) is 9.08. The molecule has 0 unspecified atom stereocenters. The average molecular weight is 254 g/mol. The fourth-order valence-corrected chi connectivity index (χ4v) is 2.00. The third-order valence-corrected chi connectivity index (χ3v) is 3.22. The van der Waals surface area contributed by atoms with Gasteiger partial charge in [-0.25, -0.2) is 0 Å². The predicted octanol–water partition coefficient (Wildman–Crippen LogP) is 3.87. The van der Waals surface area contributed by atoms with Crippen molar-refractivity contribution < 1.29 is 9.53 Å². The monoisotopic (exact) mass is 254 g/mol. The lowest BCUT2D eigenvalue weighted by Gasteiger charge is -2.11. The molecule has 98 valence electrons. The molecule has 0 bridgehead atoms. The van der Waals surface area contributed by atoms with E-state index in [2.05, 4.69) is 6.07 Å². The Bertz CT molecular complexity index is 586. The highest BCUT2D eigenvalue weighted by molar-refractivity contribution is 5.97. The molecule has 2 heteroatoms. The summed E-state index contributed by atoms with van der Waals surface area (Å²) in [4.78, 5) is 12.0. The number of carbonyl (C=O) groups excluding carboxylic acids is 1. The highest BCUT2D eigenvalue weighted by atomic mass is 16.5. The summed E-state index contributed by atoms with van der Waals surface area (Å²) in [6.07, 6.45) is 0. The van der Waals surface area contributed by atoms with Crippen molar-refractivity contribution in [3.8, 4) is 5.75 Å². The molecule has 19 heavy (non-hydrogen) atoms. The maximum atomic E-state index is 12.0. The molecule has 0 aromatic heterocycles. The largest absolute Gasteiger partial charge is 0.485 e. The molecule has 0 spiro atoms. The molecule has 0 heterocycles. The van der Waals surface area contributed by atoms with Crippen LogP contribution in [-0.2, 0) is 0 Å². The average Bonchev–Trinajstić information content (AvgIpc) is 2.41. The van der Waals surface area contributed by atoms with Gasteiger partial charge in [0.25, 0.3) is 0 Å². The second-order valence-corrected chi connectivity index (χ2v) is 4.78. The normalized spacial score (nSPS) is 10.3. The molecule has 2 aromatic rings.